The third-order valence-corrected chi connectivity index (χ3v) is 4.97. The molecular weight excluding hydrogens is 427 g/mol. The third-order valence-electron chi connectivity index (χ3n) is 4.97. The second kappa shape index (κ2) is 12.4. The molecule has 0 radical (unpaired) electrons. The monoisotopic (exact) mass is 455 g/mol. The van der Waals surface area contributed by atoms with Crippen molar-refractivity contribution in [3.8, 4) is 0 Å². The molecule has 0 aromatic heterocycles. The summed E-state index contributed by atoms with van der Waals surface area (Å²) in [5.74, 6) is -0.740. The molecule has 1 aliphatic rings. The topological polar surface area (TPSA) is 72.9 Å². The summed E-state index contributed by atoms with van der Waals surface area (Å²) in [6.07, 6.45) is 0.715. The first kappa shape index (κ1) is 25.6. The van der Waals surface area contributed by atoms with E-state index in [1.165, 1.54) is 18.2 Å². The Balaban J connectivity index is 1.79. The Kier molecular flexibility index (Phi) is 9.90. The highest BCUT2D eigenvalue weighted by Gasteiger charge is 2.30. The molecule has 0 saturated carbocycles. The Morgan fingerprint density at radius 3 is 2.75 bits per heavy atom. The van der Waals surface area contributed by atoms with Gasteiger partial charge in [-0.05, 0) is 43.9 Å². The normalized spacial score (nSPS) is 16.7. The summed E-state index contributed by atoms with van der Waals surface area (Å²) >= 11 is 0. The Labute approximate surface area is 185 Å². The largest absolute Gasteiger partial charge is 0.464 e. The Morgan fingerprint density at radius 1 is 1.25 bits per heavy atom. The van der Waals surface area contributed by atoms with E-state index in [0.29, 0.717) is 45.4 Å². The van der Waals surface area contributed by atoms with E-state index in [0.717, 1.165) is 12.1 Å². The van der Waals surface area contributed by atoms with Gasteiger partial charge in [0.1, 0.15) is 6.61 Å². The Morgan fingerprint density at radius 2 is 2.03 bits per heavy atom. The van der Waals surface area contributed by atoms with Gasteiger partial charge in [0.15, 0.2) is 5.78 Å². The molecule has 32 heavy (non-hydrogen) atoms. The minimum Gasteiger partial charge on any atom is -0.464 e. The first-order chi connectivity index (χ1) is 15.2. The number of allylic oxidation sites excluding steroid dienone is 1. The maximum Gasteiger partial charge on any atom is 0.416 e. The molecule has 0 aliphatic carbocycles. The van der Waals surface area contributed by atoms with Crippen molar-refractivity contribution in [2.24, 2.45) is 0 Å². The van der Waals surface area contributed by atoms with Crippen LogP contribution in [0.4, 0.5) is 13.2 Å². The fraction of sp³-hybridized carbons (Fsp3) is 0.522. The van der Waals surface area contributed by atoms with Gasteiger partial charge in [-0.3, -0.25) is 9.59 Å². The highest BCUT2D eigenvalue weighted by Crippen LogP contribution is 2.29. The predicted octanol–water partition coefficient (Wildman–Crippen LogP) is 3.72. The van der Waals surface area contributed by atoms with Crippen molar-refractivity contribution >= 4 is 17.7 Å². The van der Waals surface area contributed by atoms with Crippen LogP contribution in [-0.2, 0) is 36.5 Å². The minimum absolute atomic E-state index is 0.00239. The molecule has 0 N–H and O–H groups in total. The van der Waals surface area contributed by atoms with Crippen molar-refractivity contribution in [2.75, 3.05) is 26.4 Å². The van der Waals surface area contributed by atoms with Gasteiger partial charge in [0.2, 0.25) is 5.91 Å². The molecule has 9 heteroatoms. The van der Waals surface area contributed by atoms with Gasteiger partial charge in [0, 0.05) is 26.0 Å². The van der Waals surface area contributed by atoms with Crippen molar-refractivity contribution < 1.29 is 37.0 Å². The first-order valence-electron chi connectivity index (χ1n) is 10.6. The van der Waals surface area contributed by atoms with E-state index in [-0.39, 0.29) is 36.3 Å². The molecule has 1 heterocycles. The molecule has 0 unspecified atom stereocenters. The molecule has 1 aliphatic heterocycles. The van der Waals surface area contributed by atoms with E-state index in [4.69, 9.17) is 9.47 Å². The van der Waals surface area contributed by atoms with E-state index in [9.17, 15) is 27.6 Å². The Hall–Kier alpha value is -2.68. The van der Waals surface area contributed by atoms with E-state index >= 15 is 0 Å². The molecule has 176 valence electrons. The van der Waals surface area contributed by atoms with Crippen LogP contribution >= 0.6 is 0 Å². The van der Waals surface area contributed by atoms with E-state index in [1.807, 2.05) is 0 Å². The fourth-order valence-corrected chi connectivity index (χ4v) is 3.43. The van der Waals surface area contributed by atoms with Gasteiger partial charge in [0.05, 0.1) is 18.2 Å². The van der Waals surface area contributed by atoms with Gasteiger partial charge in [-0.25, -0.2) is 4.79 Å². The van der Waals surface area contributed by atoms with Crippen molar-refractivity contribution in [1.82, 2.24) is 4.90 Å². The minimum atomic E-state index is -4.45. The standard InChI is InChI=1S/C23H28F3NO5/c1-2-32-22(30)16-31-13-4-3-12-27-19(9-11-21(27)29)8-10-20(28)15-17-6-5-7-18(14-17)23(24,25)26/h5-8,10,14,19H,2-4,9,11-13,15-16H2,1H3/b10-8+/t19-/m0/s1. The quantitative estimate of drug-likeness (QED) is 0.273. The number of benzene rings is 1. The van der Waals surface area contributed by atoms with Crippen molar-refractivity contribution in [1.29, 1.82) is 0 Å². The average molecular weight is 455 g/mol. The number of ketones is 1. The van der Waals surface area contributed by atoms with Gasteiger partial charge in [-0.1, -0.05) is 24.3 Å². The lowest BCUT2D eigenvalue weighted by Crippen LogP contribution is -2.33. The lowest BCUT2D eigenvalue weighted by atomic mass is 10.0. The van der Waals surface area contributed by atoms with E-state index in [2.05, 4.69) is 0 Å². The number of unbranched alkanes of at least 4 members (excludes halogenated alkanes) is 1. The number of halogens is 3. The summed E-state index contributed by atoms with van der Waals surface area (Å²) in [6.45, 7) is 2.79. The first-order valence-corrected chi connectivity index (χ1v) is 10.6. The molecule has 1 aromatic rings. The zero-order valence-electron chi connectivity index (χ0n) is 18.0. The molecule has 1 amide bonds. The number of rotatable bonds is 12. The van der Waals surface area contributed by atoms with Gasteiger partial charge >= 0.3 is 12.1 Å². The van der Waals surface area contributed by atoms with Crippen LogP contribution < -0.4 is 0 Å². The smallest absolute Gasteiger partial charge is 0.416 e. The zero-order chi connectivity index (χ0) is 23.6. The van der Waals surface area contributed by atoms with Crippen LogP contribution in [0.25, 0.3) is 0 Å². The summed E-state index contributed by atoms with van der Waals surface area (Å²) in [4.78, 5) is 37.2. The van der Waals surface area contributed by atoms with Crippen molar-refractivity contribution in [3.05, 3.63) is 47.5 Å². The highest BCUT2D eigenvalue weighted by molar-refractivity contribution is 5.91. The number of esters is 1. The zero-order valence-corrected chi connectivity index (χ0v) is 18.0. The Bertz CT molecular complexity index is 822. The second-order valence-electron chi connectivity index (χ2n) is 7.46. The summed E-state index contributed by atoms with van der Waals surface area (Å²) in [7, 11) is 0. The molecule has 1 atom stereocenters. The molecular formula is C23H28F3NO5. The van der Waals surface area contributed by atoms with Crippen LogP contribution in [0.5, 0.6) is 0 Å². The molecule has 6 nitrogen and oxygen atoms in total. The maximum atomic E-state index is 12.8. The van der Waals surface area contributed by atoms with Gasteiger partial charge in [-0.15, -0.1) is 0 Å². The van der Waals surface area contributed by atoms with E-state index in [1.54, 1.807) is 17.9 Å². The lowest BCUT2D eigenvalue weighted by molar-refractivity contribution is -0.148. The van der Waals surface area contributed by atoms with Crippen LogP contribution in [0.1, 0.15) is 43.7 Å². The third kappa shape index (κ3) is 8.45. The average Bonchev–Trinajstić information content (AvgIpc) is 3.08. The van der Waals surface area contributed by atoms with Crippen LogP contribution in [0.15, 0.2) is 36.4 Å². The SMILES string of the molecule is CCOC(=O)COCCCCN1C(=O)CC[C@@H]1/C=C/C(=O)Cc1cccc(C(F)(F)F)c1. The number of carbonyl (C=O) groups is 3. The highest BCUT2D eigenvalue weighted by atomic mass is 19.4. The maximum absolute atomic E-state index is 12.8. The van der Waals surface area contributed by atoms with Gasteiger partial charge in [-0.2, -0.15) is 13.2 Å². The van der Waals surface area contributed by atoms with E-state index < -0.39 is 17.7 Å². The number of ether oxygens (including phenoxy) is 2. The number of carbonyl (C=O) groups excluding carboxylic acids is 3. The molecule has 1 aromatic carbocycles. The van der Waals surface area contributed by atoms with Crippen LogP contribution in [0.2, 0.25) is 0 Å². The molecule has 1 saturated heterocycles. The lowest BCUT2D eigenvalue weighted by Gasteiger charge is -2.22. The summed E-state index contributed by atoms with van der Waals surface area (Å²) < 4.78 is 48.4. The summed E-state index contributed by atoms with van der Waals surface area (Å²) in [5.41, 5.74) is -0.498. The number of alkyl halides is 3. The molecule has 0 spiro atoms. The molecule has 1 fully saturated rings. The second-order valence-corrected chi connectivity index (χ2v) is 7.46. The number of amides is 1. The number of hydrogen-bond donors (Lipinski definition) is 0. The summed E-state index contributed by atoms with van der Waals surface area (Å²) in [6, 6.07) is 4.49. The molecule has 2 rings (SSSR count). The van der Waals surface area contributed by atoms with Crippen LogP contribution in [0, 0.1) is 0 Å². The number of hydrogen-bond acceptors (Lipinski definition) is 5. The number of nitrogens with zero attached hydrogens (tertiary/aromatic N) is 1. The fourth-order valence-electron chi connectivity index (χ4n) is 3.43. The number of likely N-dealkylation sites (tertiary alicyclic amines) is 1. The van der Waals surface area contributed by atoms with Crippen molar-refractivity contribution in [2.45, 2.75) is 51.2 Å². The summed E-state index contributed by atoms with van der Waals surface area (Å²) in [5, 5.41) is 0. The van der Waals surface area contributed by atoms with Gasteiger partial charge in [0.25, 0.3) is 0 Å². The predicted molar refractivity (Wildman–Crippen MR) is 111 cm³/mol. The van der Waals surface area contributed by atoms with Crippen LogP contribution in [0.3, 0.4) is 0 Å². The molecule has 0 bridgehead atoms. The van der Waals surface area contributed by atoms with Crippen LogP contribution in [-0.4, -0.2) is 55.0 Å². The van der Waals surface area contributed by atoms with Gasteiger partial charge < -0.3 is 14.4 Å². The van der Waals surface area contributed by atoms with Crippen molar-refractivity contribution in [3.63, 3.8) is 0 Å².